The van der Waals surface area contributed by atoms with E-state index in [4.69, 9.17) is 23.2 Å². The van der Waals surface area contributed by atoms with Crippen LogP contribution in [0.25, 0.3) is 0 Å². The second-order valence-electron chi connectivity index (χ2n) is 9.62. The van der Waals surface area contributed by atoms with Crippen LogP contribution in [0.2, 0.25) is 10.0 Å². The van der Waals surface area contributed by atoms with Crippen LogP contribution in [-0.2, 0) is 26.2 Å². The van der Waals surface area contributed by atoms with Gasteiger partial charge in [-0.1, -0.05) is 67.6 Å². The number of sulfonamides is 1. The molecule has 1 N–H and O–H groups in total. The summed E-state index contributed by atoms with van der Waals surface area (Å²) in [6.45, 7) is 1.43. The first-order valence-electron chi connectivity index (χ1n) is 12.8. The van der Waals surface area contributed by atoms with Crippen LogP contribution >= 0.6 is 23.2 Å². The van der Waals surface area contributed by atoms with E-state index in [1.807, 2.05) is 6.92 Å². The van der Waals surface area contributed by atoms with Gasteiger partial charge in [-0.2, -0.15) is 0 Å². The van der Waals surface area contributed by atoms with Gasteiger partial charge in [0.1, 0.15) is 10.9 Å². The Balaban J connectivity index is 1.57. The standard InChI is InChI=1S/C27H31Cl2N3O5S/c1-2-23(26(34)30-18-9-4-3-5-10-18)31(17-20-21(28)12-8-13-22(20)29)25(33)15-16-32-27(35)19-11-6-7-14-24(19)38(32,36)37/h6-8,11-14,18,23H,2-5,9-10,15-17H2,1H3,(H,30,34)/t23-/m0/s1. The zero-order valence-electron chi connectivity index (χ0n) is 21.2. The molecule has 0 bridgehead atoms. The zero-order valence-corrected chi connectivity index (χ0v) is 23.5. The first kappa shape index (κ1) is 28.4. The predicted octanol–water partition coefficient (Wildman–Crippen LogP) is 4.78. The topological polar surface area (TPSA) is 104 Å². The lowest BCUT2D eigenvalue weighted by Crippen LogP contribution is -2.52. The molecule has 2 aromatic rings. The fourth-order valence-electron chi connectivity index (χ4n) is 5.11. The maximum Gasteiger partial charge on any atom is 0.269 e. The number of rotatable bonds is 9. The van der Waals surface area contributed by atoms with E-state index < -0.39 is 27.9 Å². The molecule has 4 rings (SSSR count). The Morgan fingerprint density at radius 2 is 1.71 bits per heavy atom. The van der Waals surface area contributed by atoms with Crippen molar-refractivity contribution in [1.82, 2.24) is 14.5 Å². The third-order valence-electron chi connectivity index (χ3n) is 7.17. The molecule has 1 saturated carbocycles. The molecule has 0 aromatic heterocycles. The van der Waals surface area contributed by atoms with E-state index in [-0.39, 0.29) is 41.9 Å². The minimum Gasteiger partial charge on any atom is -0.352 e. The summed E-state index contributed by atoms with van der Waals surface area (Å²) in [4.78, 5) is 41.2. The van der Waals surface area contributed by atoms with Crippen molar-refractivity contribution >= 4 is 50.9 Å². The van der Waals surface area contributed by atoms with E-state index in [1.165, 1.54) is 17.0 Å². The molecule has 0 spiro atoms. The highest BCUT2D eigenvalue weighted by Gasteiger charge is 2.41. The molecule has 3 amide bonds. The van der Waals surface area contributed by atoms with Crippen molar-refractivity contribution in [2.24, 2.45) is 0 Å². The van der Waals surface area contributed by atoms with Gasteiger partial charge in [-0.15, -0.1) is 0 Å². The maximum atomic E-state index is 13.6. The second-order valence-corrected chi connectivity index (χ2v) is 12.3. The number of hydrogen-bond acceptors (Lipinski definition) is 5. The number of nitrogens with zero attached hydrogens (tertiary/aromatic N) is 2. The Morgan fingerprint density at radius 1 is 1.05 bits per heavy atom. The number of fused-ring (bicyclic) bond motifs is 1. The molecule has 1 aliphatic heterocycles. The molecule has 1 heterocycles. The average Bonchev–Trinajstić information content (AvgIpc) is 3.09. The van der Waals surface area contributed by atoms with E-state index in [0.29, 0.717) is 22.0 Å². The third-order valence-corrected chi connectivity index (χ3v) is 9.72. The molecule has 1 atom stereocenters. The molecular weight excluding hydrogens is 549 g/mol. The van der Waals surface area contributed by atoms with Crippen LogP contribution < -0.4 is 5.32 Å². The lowest BCUT2D eigenvalue weighted by molar-refractivity contribution is -0.141. The van der Waals surface area contributed by atoms with E-state index in [0.717, 1.165) is 36.4 Å². The van der Waals surface area contributed by atoms with Crippen LogP contribution in [0.15, 0.2) is 47.4 Å². The molecule has 0 unspecified atom stereocenters. The Bertz CT molecular complexity index is 1310. The number of nitrogens with one attached hydrogen (secondary N) is 1. The van der Waals surface area contributed by atoms with Crippen molar-refractivity contribution in [1.29, 1.82) is 0 Å². The largest absolute Gasteiger partial charge is 0.352 e. The SMILES string of the molecule is CC[C@@H](C(=O)NC1CCCCC1)N(Cc1c(Cl)cccc1Cl)C(=O)CCN1C(=O)c2ccccc2S1(=O)=O. The third kappa shape index (κ3) is 5.84. The van der Waals surface area contributed by atoms with Gasteiger partial charge in [-0.3, -0.25) is 14.4 Å². The number of halogens is 2. The lowest BCUT2D eigenvalue weighted by atomic mass is 9.95. The van der Waals surface area contributed by atoms with Crippen molar-refractivity contribution in [3.8, 4) is 0 Å². The number of amides is 3. The highest BCUT2D eigenvalue weighted by atomic mass is 35.5. The van der Waals surface area contributed by atoms with E-state index in [1.54, 1.807) is 30.3 Å². The molecular formula is C27H31Cl2N3O5S. The van der Waals surface area contributed by atoms with Crippen molar-refractivity contribution in [3.63, 3.8) is 0 Å². The van der Waals surface area contributed by atoms with Gasteiger partial charge >= 0.3 is 0 Å². The Kier molecular flexibility index (Phi) is 9.00. The average molecular weight is 581 g/mol. The van der Waals surface area contributed by atoms with Crippen LogP contribution in [0.3, 0.4) is 0 Å². The summed E-state index contributed by atoms with van der Waals surface area (Å²) in [5.74, 6) is -1.42. The van der Waals surface area contributed by atoms with Gasteiger partial charge < -0.3 is 10.2 Å². The summed E-state index contributed by atoms with van der Waals surface area (Å²) in [6.07, 6.45) is 5.04. The lowest BCUT2D eigenvalue weighted by Gasteiger charge is -2.33. The zero-order chi connectivity index (χ0) is 27.4. The maximum absolute atomic E-state index is 13.6. The highest BCUT2D eigenvalue weighted by molar-refractivity contribution is 7.90. The van der Waals surface area contributed by atoms with Gasteiger partial charge in [0.2, 0.25) is 11.8 Å². The summed E-state index contributed by atoms with van der Waals surface area (Å²) in [7, 11) is -4.06. The smallest absolute Gasteiger partial charge is 0.269 e. The number of hydrogen-bond donors (Lipinski definition) is 1. The van der Waals surface area contributed by atoms with Gasteiger partial charge in [-0.05, 0) is 43.5 Å². The summed E-state index contributed by atoms with van der Waals surface area (Å²) in [6, 6.07) is 10.2. The number of carbonyl (C=O) groups excluding carboxylic acids is 3. The highest BCUT2D eigenvalue weighted by Crippen LogP contribution is 2.31. The second kappa shape index (κ2) is 12.1. The van der Waals surface area contributed by atoms with Crippen LogP contribution in [-0.4, -0.2) is 54.0 Å². The van der Waals surface area contributed by atoms with Gasteiger partial charge in [0.05, 0.1) is 5.56 Å². The molecule has 11 heteroatoms. The van der Waals surface area contributed by atoms with Gasteiger partial charge in [0.15, 0.2) is 0 Å². The normalized spacial score (nSPS) is 17.7. The Hall–Kier alpha value is -2.62. The predicted molar refractivity (Wildman–Crippen MR) is 145 cm³/mol. The fraction of sp³-hybridized carbons (Fsp3) is 0.444. The first-order chi connectivity index (χ1) is 18.1. The molecule has 2 aromatic carbocycles. The van der Waals surface area contributed by atoms with E-state index >= 15 is 0 Å². The number of benzene rings is 2. The van der Waals surface area contributed by atoms with Gasteiger partial charge in [0.25, 0.3) is 15.9 Å². The summed E-state index contributed by atoms with van der Waals surface area (Å²) in [5, 5.41) is 3.80. The van der Waals surface area contributed by atoms with Gasteiger partial charge in [0, 0.05) is 41.2 Å². The number of carbonyl (C=O) groups is 3. The first-order valence-corrected chi connectivity index (χ1v) is 15.0. The molecule has 1 aliphatic carbocycles. The Morgan fingerprint density at radius 3 is 2.34 bits per heavy atom. The van der Waals surface area contributed by atoms with Crippen LogP contribution in [0, 0.1) is 0 Å². The van der Waals surface area contributed by atoms with Crippen LogP contribution in [0.4, 0.5) is 0 Å². The fourth-order valence-corrected chi connectivity index (χ4v) is 7.20. The molecule has 0 radical (unpaired) electrons. The van der Waals surface area contributed by atoms with Gasteiger partial charge in [-0.25, -0.2) is 12.7 Å². The molecule has 0 saturated heterocycles. The summed E-state index contributed by atoms with van der Waals surface area (Å²) >= 11 is 12.8. The summed E-state index contributed by atoms with van der Waals surface area (Å²) in [5.41, 5.74) is 0.573. The van der Waals surface area contributed by atoms with E-state index in [2.05, 4.69) is 5.32 Å². The van der Waals surface area contributed by atoms with Crippen molar-refractivity contribution in [2.75, 3.05) is 6.54 Å². The minimum absolute atomic E-state index is 0.0329. The van der Waals surface area contributed by atoms with Crippen molar-refractivity contribution < 1.29 is 22.8 Å². The van der Waals surface area contributed by atoms with Crippen LogP contribution in [0.5, 0.6) is 0 Å². The van der Waals surface area contributed by atoms with Crippen LogP contribution in [0.1, 0.15) is 67.8 Å². The van der Waals surface area contributed by atoms with Crippen molar-refractivity contribution in [2.45, 2.75) is 75.4 Å². The molecule has 1 fully saturated rings. The molecule has 38 heavy (non-hydrogen) atoms. The monoisotopic (exact) mass is 579 g/mol. The molecule has 8 nitrogen and oxygen atoms in total. The summed E-state index contributed by atoms with van der Waals surface area (Å²) < 4.78 is 26.6. The molecule has 2 aliphatic rings. The van der Waals surface area contributed by atoms with Crippen molar-refractivity contribution in [3.05, 3.63) is 63.6 Å². The van der Waals surface area contributed by atoms with E-state index in [9.17, 15) is 22.8 Å². The molecule has 204 valence electrons. The quantitative estimate of drug-likeness (QED) is 0.460. The Labute approximate surface area is 233 Å². The minimum atomic E-state index is -4.06.